The number of fused-ring (bicyclic) bond motifs is 1. The van der Waals surface area contributed by atoms with E-state index >= 15 is 0 Å². The first-order chi connectivity index (χ1) is 17.6. The molecule has 0 radical (unpaired) electrons. The van der Waals surface area contributed by atoms with E-state index in [4.69, 9.17) is 4.18 Å². The monoisotopic (exact) mass is 549 g/mol. The van der Waals surface area contributed by atoms with E-state index in [0.29, 0.717) is 11.1 Å². The lowest BCUT2D eigenvalue weighted by atomic mass is 9.89. The molecule has 0 unspecified atom stereocenters. The minimum Gasteiger partial charge on any atom is -0.356 e. The molecule has 0 bridgehead atoms. The van der Waals surface area contributed by atoms with E-state index in [1.807, 2.05) is 53.7 Å². The molecule has 1 aromatic carbocycles. The van der Waals surface area contributed by atoms with Crippen LogP contribution in [-0.2, 0) is 22.7 Å². The Kier molecular flexibility index (Phi) is 7.05. The average molecular weight is 550 g/mol. The average Bonchev–Trinajstić information content (AvgIpc) is 3.63. The Morgan fingerprint density at radius 2 is 1.47 bits per heavy atom. The normalized spacial score (nSPS) is 15.3. The largest absolute Gasteiger partial charge is 0.356 e. The van der Waals surface area contributed by atoms with Crippen LogP contribution in [0.3, 0.4) is 0 Å². The summed E-state index contributed by atoms with van der Waals surface area (Å²) in [6, 6.07) is 4.67. The Balaban J connectivity index is 1.97. The van der Waals surface area contributed by atoms with Crippen molar-refractivity contribution in [3.8, 4) is 5.88 Å². The summed E-state index contributed by atoms with van der Waals surface area (Å²) in [5, 5.41) is 3.73. The van der Waals surface area contributed by atoms with Crippen LogP contribution in [0.2, 0.25) is 0 Å². The van der Waals surface area contributed by atoms with Gasteiger partial charge < -0.3 is 8.75 Å². The summed E-state index contributed by atoms with van der Waals surface area (Å²) in [6.45, 7) is 11.6. The van der Waals surface area contributed by atoms with Crippen molar-refractivity contribution in [1.29, 1.82) is 0 Å². The maximum atomic E-state index is 13.9. The molecule has 2 aromatic heterocycles. The molecule has 11 heteroatoms. The molecule has 1 saturated carbocycles. The van der Waals surface area contributed by atoms with Gasteiger partial charge in [0.1, 0.15) is 10.4 Å². The quantitative estimate of drug-likeness (QED) is 0.367. The summed E-state index contributed by atoms with van der Waals surface area (Å²) in [5.41, 5.74) is -0.983. The number of halogens is 2. The molecule has 0 saturated heterocycles. The Morgan fingerprint density at radius 3 is 1.92 bits per heavy atom. The fourth-order valence-corrected chi connectivity index (χ4v) is 6.30. The van der Waals surface area contributed by atoms with Gasteiger partial charge in [0.15, 0.2) is 0 Å². The van der Waals surface area contributed by atoms with Crippen molar-refractivity contribution in [2.75, 3.05) is 0 Å². The zero-order valence-corrected chi connectivity index (χ0v) is 23.4. The molecule has 0 amide bonds. The van der Waals surface area contributed by atoms with Crippen LogP contribution in [-0.4, -0.2) is 29.2 Å². The van der Waals surface area contributed by atoms with Gasteiger partial charge in [0.05, 0.1) is 10.8 Å². The van der Waals surface area contributed by atoms with E-state index in [9.17, 15) is 26.8 Å². The molecule has 3 aromatic rings. The fraction of sp³-hybridized carbons (Fsp3) is 0.519. The maximum absolute atomic E-state index is 13.9. The van der Waals surface area contributed by atoms with Gasteiger partial charge in [-0.3, -0.25) is 9.59 Å². The molecule has 0 spiro atoms. The summed E-state index contributed by atoms with van der Waals surface area (Å²) >= 11 is 0. The predicted octanol–water partition coefficient (Wildman–Crippen LogP) is 4.99. The number of aryl methyl sites for hydroxylation is 1. The summed E-state index contributed by atoms with van der Waals surface area (Å²) in [5.74, 6) is -0.609. The molecular weight excluding hydrogens is 516 g/mol. The third kappa shape index (κ3) is 4.65. The van der Waals surface area contributed by atoms with E-state index in [-0.39, 0.29) is 46.3 Å². The summed E-state index contributed by atoms with van der Waals surface area (Å²) < 4.78 is 62.8. The molecule has 0 N–H and O–H groups in total. The van der Waals surface area contributed by atoms with Gasteiger partial charge in [-0.1, -0.05) is 53.7 Å². The fourth-order valence-electron chi connectivity index (χ4n) is 4.72. The van der Waals surface area contributed by atoms with Crippen LogP contribution >= 0.6 is 0 Å². The topological polar surface area (TPSA) is 100 Å². The molecule has 0 aliphatic heterocycles. The molecule has 1 aliphatic rings. The number of hydrogen-bond acceptors (Lipinski definition) is 6. The van der Waals surface area contributed by atoms with Crippen molar-refractivity contribution in [3.63, 3.8) is 0 Å². The smallest absolute Gasteiger partial charge is 0.341 e. The van der Waals surface area contributed by atoms with Crippen LogP contribution in [0.15, 0.2) is 38.9 Å². The van der Waals surface area contributed by atoms with E-state index in [1.165, 1.54) is 7.05 Å². The standard InChI is InChI=1S/C27H33F2N3O5S/c1-14(2)17-10-18(15(3)4)23(19(11-17)16(5)6)38(35,36)37-24-21-13-32(27(8-9-27)26(28)29)22(33)12-20(21)25(34)31(7)30-24/h10-16,26H,8-9H2,1-7H3. The molecule has 38 heavy (non-hydrogen) atoms. The lowest BCUT2D eigenvalue weighted by Crippen LogP contribution is -2.36. The van der Waals surface area contributed by atoms with Crippen molar-refractivity contribution in [3.05, 3.63) is 61.8 Å². The van der Waals surface area contributed by atoms with E-state index < -0.39 is 39.1 Å². The van der Waals surface area contributed by atoms with Crippen molar-refractivity contribution in [1.82, 2.24) is 14.3 Å². The number of benzene rings is 1. The highest BCUT2D eigenvalue weighted by atomic mass is 32.2. The molecule has 1 fully saturated rings. The van der Waals surface area contributed by atoms with E-state index in [0.717, 1.165) is 27.1 Å². The summed E-state index contributed by atoms with van der Waals surface area (Å²) in [4.78, 5) is 25.5. The zero-order valence-electron chi connectivity index (χ0n) is 22.6. The minimum absolute atomic E-state index is 0.0234. The van der Waals surface area contributed by atoms with Gasteiger partial charge in [-0.2, -0.15) is 8.42 Å². The van der Waals surface area contributed by atoms with Gasteiger partial charge in [-0.15, -0.1) is 5.10 Å². The second kappa shape index (κ2) is 9.59. The third-order valence-electron chi connectivity index (χ3n) is 7.22. The first-order valence-electron chi connectivity index (χ1n) is 12.6. The van der Waals surface area contributed by atoms with Crippen LogP contribution in [0.4, 0.5) is 8.78 Å². The predicted molar refractivity (Wildman–Crippen MR) is 141 cm³/mol. The number of nitrogens with zero attached hydrogens (tertiary/aromatic N) is 3. The second-order valence-electron chi connectivity index (χ2n) is 11.0. The zero-order chi connectivity index (χ0) is 28.3. The molecule has 1 aliphatic carbocycles. The van der Waals surface area contributed by atoms with Gasteiger partial charge in [0, 0.05) is 19.3 Å². The highest BCUT2D eigenvalue weighted by molar-refractivity contribution is 7.87. The first-order valence-corrected chi connectivity index (χ1v) is 14.1. The van der Waals surface area contributed by atoms with E-state index in [2.05, 4.69) is 5.10 Å². The van der Waals surface area contributed by atoms with Crippen molar-refractivity contribution in [2.24, 2.45) is 7.05 Å². The van der Waals surface area contributed by atoms with Crippen LogP contribution in [0.1, 0.15) is 88.8 Å². The second-order valence-corrected chi connectivity index (χ2v) is 12.5. The van der Waals surface area contributed by atoms with Gasteiger partial charge >= 0.3 is 10.1 Å². The highest BCUT2D eigenvalue weighted by Crippen LogP contribution is 2.48. The van der Waals surface area contributed by atoms with Gasteiger partial charge in [0.25, 0.3) is 23.4 Å². The minimum atomic E-state index is -4.50. The number of aromatic nitrogens is 3. The Morgan fingerprint density at radius 1 is 0.921 bits per heavy atom. The number of rotatable bonds is 8. The van der Waals surface area contributed by atoms with Crippen molar-refractivity contribution in [2.45, 2.75) is 89.0 Å². The Hall–Kier alpha value is -3.08. The number of alkyl halides is 2. The molecule has 2 heterocycles. The number of pyridine rings is 1. The van der Waals surface area contributed by atoms with Crippen molar-refractivity contribution < 1.29 is 21.4 Å². The summed E-state index contributed by atoms with van der Waals surface area (Å²) in [6.07, 6.45) is -1.57. The highest BCUT2D eigenvalue weighted by Gasteiger charge is 2.53. The van der Waals surface area contributed by atoms with Crippen LogP contribution < -0.4 is 15.3 Å². The molecule has 4 rings (SSSR count). The Bertz CT molecular complexity index is 1610. The van der Waals surface area contributed by atoms with E-state index in [1.54, 1.807) is 0 Å². The first kappa shape index (κ1) is 27.9. The lowest BCUT2D eigenvalue weighted by molar-refractivity contribution is 0.0654. The molecule has 0 atom stereocenters. The van der Waals surface area contributed by atoms with Gasteiger partial charge in [-0.05, 0) is 47.3 Å². The molecule has 206 valence electrons. The maximum Gasteiger partial charge on any atom is 0.341 e. The van der Waals surface area contributed by atoms with Gasteiger partial charge in [0.2, 0.25) is 0 Å². The lowest BCUT2D eigenvalue weighted by Gasteiger charge is -2.23. The Labute approximate surface area is 220 Å². The van der Waals surface area contributed by atoms with Crippen LogP contribution in [0.5, 0.6) is 5.88 Å². The molecule has 8 nitrogen and oxygen atoms in total. The molecular formula is C27H33F2N3O5S. The summed E-state index contributed by atoms with van der Waals surface area (Å²) in [7, 11) is -3.20. The van der Waals surface area contributed by atoms with Crippen molar-refractivity contribution >= 4 is 20.9 Å². The SMILES string of the molecule is CC(C)c1cc(C(C)C)c(S(=O)(=O)Oc2nn(C)c(=O)c3cc(=O)n(C4(C(F)F)CC4)cc23)c(C(C)C)c1. The van der Waals surface area contributed by atoms with Crippen LogP contribution in [0.25, 0.3) is 10.8 Å². The third-order valence-corrected chi connectivity index (χ3v) is 8.56. The number of hydrogen-bond donors (Lipinski definition) is 0. The van der Waals surface area contributed by atoms with Gasteiger partial charge in [-0.25, -0.2) is 13.5 Å². The van der Waals surface area contributed by atoms with Crippen LogP contribution in [0, 0.1) is 0 Å².